The van der Waals surface area contributed by atoms with Gasteiger partial charge in [-0.1, -0.05) is 0 Å². The van der Waals surface area contributed by atoms with Crippen LogP contribution in [-0.2, 0) is 9.59 Å². The first-order valence-corrected chi connectivity index (χ1v) is 6.62. The van der Waals surface area contributed by atoms with Gasteiger partial charge in [-0.2, -0.15) is 0 Å². The minimum atomic E-state index is -0.356. The molecule has 0 aliphatic heterocycles. The smallest absolute Gasteiger partial charge is 0.228 e. The molecule has 6 heteroatoms. The number of ether oxygens (including phenoxy) is 1. The van der Waals surface area contributed by atoms with E-state index in [9.17, 15) is 9.59 Å². The van der Waals surface area contributed by atoms with Gasteiger partial charge in [-0.15, -0.1) is 0 Å². The average Bonchev–Trinajstić information content (AvgIpc) is 2.46. The van der Waals surface area contributed by atoms with Gasteiger partial charge >= 0.3 is 0 Å². The van der Waals surface area contributed by atoms with Crippen LogP contribution in [-0.4, -0.2) is 24.5 Å². The van der Waals surface area contributed by atoms with Crippen LogP contribution >= 0.6 is 0 Å². The molecule has 0 aromatic heterocycles. The molecule has 0 radical (unpaired) electrons. The van der Waals surface area contributed by atoms with Crippen molar-refractivity contribution in [3.63, 3.8) is 0 Å². The molecule has 0 saturated heterocycles. The van der Waals surface area contributed by atoms with E-state index in [4.69, 9.17) is 15.9 Å². The molecule has 1 aromatic carbocycles. The van der Waals surface area contributed by atoms with Crippen LogP contribution in [0.15, 0.2) is 36.1 Å². The number of nitrogens with zero attached hydrogens (tertiary/aromatic N) is 1. The number of aryl methyl sites for hydroxylation is 1. The number of nitrogen functional groups attached to an aromatic ring is 1. The second-order valence-electron chi connectivity index (χ2n) is 4.92. The van der Waals surface area contributed by atoms with Crippen LogP contribution in [0, 0.1) is 12.3 Å². The number of nitrogens with one attached hydrogen (secondary N) is 1. The van der Waals surface area contributed by atoms with Gasteiger partial charge in [0.2, 0.25) is 11.7 Å². The summed E-state index contributed by atoms with van der Waals surface area (Å²) in [4.78, 5) is 25.5. The summed E-state index contributed by atoms with van der Waals surface area (Å²) < 4.78 is 5.28. The van der Waals surface area contributed by atoms with E-state index in [1.807, 2.05) is 0 Å². The molecule has 3 N–H and O–H groups in total. The van der Waals surface area contributed by atoms with Gasteiger partial charge < -0.3 is 15.9 Å². The van der Waals surface area contributed by atoms with Crippen LogP contribution in [0.3, 0.4) is 0 Å². The Kier molecular flexibility index (Phi) is 4.12. The van der Waals surface area contributed by atoms with Crippen molar-refractivity contribution in [3.05, 3.63) is 41.6 Å². The van der Waals surface area contributed by atoms with Gasteiger partial charge in [-0.25, -0.2) is 0 Å². The molecule has 22 heavy (non-hydrogen) atoms. The Hall–Kier alpha value is -2.89. The predicted octanol–water partition coefficient (Wildman–Crippen LogP) is 1.98. The molecule has 0 atom stereocenters. The predicted molar refractivity (Wildman–Crippen MR) is 85.3 cm³/mol. The van der Waals surface area contributed by atoms with Gasteiger partial charge in [0.1, 0.15) is 5.75 Å². The monoisotopic (exact) mass is 299 g/mol. The second kappa shape index (κ2) is 5.85. The first kappa shape index (κ1) is 15.5. The molecule has 0 spiro atoms. The van der Waals surface area contributed by atoms with Crippen molar-refractivity contribution in [2.75, 3.05) is 17.7 Å². The van der Waals surface area contributed by atoms with Gasteiger partial charge in [-0.05, 0) is 36.8 Å². The van der Waals surface area contributed by atoms with Crippen molar-refractivity contribution in [2.45, 2.75) is 13.8 Å². The average molecular weight is 299 g/mol. The lowest BCUT2D eigenvalue weighted by Crippen LogP contribution is -2.33. The number of hydrogen-bond acceptors (Lipinski definition) is 5. The molecule has 2 rings (SSSR count). The highest BCUT2D eigenvalue weighted by atomic mass is 16.5. The Morgan fingerprint density at radius 3 is 2.59 bits per heavy atom. The molecule has 1 amide bonds. The number of allylic oxidation sites excluding steroid dienone is 3. The summed E-state index contributed by atoms with van der Waals surface area (Å²) in [6, 6.07) is 3.29. The summed E-state index contributed by atoms with van der Waals surface area (Å²) in [5.74, 6) is -0.319. The lowest BCUT2D eigenvalue weighted by atomic mass is 10.1. The fourth-order valence-electron chi connectivity index (χ4n) is 2.19. The summed E-state index contributed by atoms with van der Waals surface area (Å²) >= 11 is 0. The fourth-order valence-corrected chi connectivity index (χ4v) is 2.19. The standard InChI is InChI=1S/C16H17N3O3/c1-9-6-14(16(22-3)8-12(9)18)19(10(2)20)13-7-11(17)4-5-15(13)21/h4-8,17H,18H2,1-3H3. The number of anilines is 2. The van der Waals surface area contributed by atoms with Crippen LogP contribution in [0.1, 0.15) is 12.5 Å². The number of carbonyl (C=O) groups is 2. The third kappa shape index (κ3) is 2.76. The Balaban J connectivity index is 2.64. The Morgan fingerprint density at radius 1 is 1.32 bits per heavy atom. The minimum absolute atomic E-state index is 0.113. The van der Waals surface area contributed by atoms with Crippen molar-refractivity contribution in [3.8, 4) is 5.75 Å². The maximum Gasteiger partial charge on any atom is 0.228 e. The molecule has 6 nitrogen and oxygen atoms in total. The molecule has 0 saturated carbocycles. The van der Waals surface area contributed by atoms with Gasteiger partial charge in [-0.3, -0.25) is 14.5 Å². The second-order valence-corrected chi connectivity index (χ2v) is 4.92. The Bertz CT molecular complexity index is 732. The van der Waals surface area contributed by atoms with E-state index in [1.54, 1.807) is 19.1 Å². The number of ketones is 1. The van der Waals surface area contributed by atoms with Crippen LogP contribution in [0.4, 0.5) is 11.4 Å². The Morgan fingerprint density at radius 2 is 2.00 bits per heavy atom. The number of amides is 1. The highest BCUT2D eigenvalue weighted by Gasteiger charge is 2.26. The molecular formula is C16H17N3O3. The van der Waals surface area contributed by atoms with Crippen LogP contribution in [0.2, 0.25) is 0 Å². The normalized spacial score (nSPS) is 13.9. The van der Waals surface area contributed by atoms with Crippen molar-refractivity contribution in [2.24, 2.45) is 0 Å². The lowest BCUT2D eigenvalue weighted by molar-refractivity contribution is -0.118. The summed E-state index contributed by atoms with van der Waals surface area (Å²) in [7, 11) is 1.46. The maximum atomic E-state index is 12.1. The SMILES string of the molecule is COc1cc(N)c(C)cc1N(C(C)=O)C1=CC(=N)C=CC1=O. The lowest BCUT2D eigenvalue weighted by Gasteiger charge is -2.26. The number of rotatable bonds is 3. The first-order valence-electron chi connectivity index (χ1n) is 6.62. The highest BCUT2D eigenvalue weighted by molar-refractivity contribution is 6.22. The number of carbonyl (C=O) groups excluding carboxylic acids is 2. The number of methoxy groups -OCH3 is 1. The van der Waals surface area contributed by atoms with E-state index in [0.29, 0.717) is 17.1 Å². The van der Waals surface area contributed by atoms with E-state index in [-0.39, 0.29) is 23.1 Å². The molecule has 114 valence electrons. The fraction of sp³-hybridized carbons (Fsp3) is 0.188. The van der Waals surface area contributed by atoms with Gasteiger partial charge in [0.25, 0.3) is 0 Å². The molecular weight excluding hydrogens is 282 g/mol. The summed E-state index contributed by atoms with van der Waals surface area (Å²) in [5, 5.41) is 7.68. The molecule has 0 fully saturated rings. The van der Waals surface area contributed by atoms with E-state index >= 15 is 0 Å². The zero-order chi connectivity index (χ0) is 16.4. The third-order valence-corrected chi connectivity index (χ3v) is 3.32. The van der Waals surface area contributed by atoms with E-state index in [2.05, 4.69) is 0 Å². The van der Waals surface area contributed by atoms with Crippen LogP contribution < -0.4 is 15.4 Å². The zero-order valence-electron chi connectivity index (χ0n) is 12.6. The summed E-state index contributed by atoms with van der Waals surface area (Å²) in [6.45, 7) is 3.15. The quantitative estimate of drug-likeness (QED) is 0.659. The molecule has 0 bridgehead atoms. The van der Waals surface area contributed by atoms with Gasteiger partial charge in [0, 0.05) is 18.7 Å². The van der Waals surface area contributed by atoms with E-state index < -0.39 is 0 Å². The van der Waals surface area contributed by atoms with E-state index in [0.717, 1.165) is 5.56 Å². The van der Waals surface area contributed by atoms with Crippen molar-refractivity contribution >= 4 is 28.8 Å². The molecule has 0 unspecified atom stereocenters. The maximum absolute atomic E-state index is 12.1. The Labute approximate surface area is 128 Å². The minimum Gasteiger partial charge on any atom is -0.494 e. The molecule has 1 aliphatic rings. The van der Waals surface area contributed by atoms with Crippen molar-refractivity contribution in [1.82, 2.24) is 0 Å². The van der Waals surface area contributed by atoms with Crippen LogP contribution in [0.25, 0.3) is 0 Å². The number of benzene rings is 1. The zero-order valence-corrected chi connectivity index (χ0v) is 12.6. The molecule has 1 aromatic rings. The third-order valence-electron chi connectivity index (χ3n) is 3.32. The molecule has 0 heterocycles. The largest absolute Gasteiger partial charge is 0.494 e. The first-order chi connectivity index (χ1) is 10.3. The number of nitrogens with two attached hydrogens (primary N) is 1. The van der Waals surface area contributed by atoms with Crippen molar-refractivity contribution < 1.29 is 14.3 Å². The number of hydrogen-bond donors (Lipinski definition) is 2. The highest BCUT2D eigenvalue weighted by Crippen LogP contribution is 2.35. The van der Waals surface area contributed by atoms with E-state index in [1.165, 1.54) is 37.2 Å². The summed E-state index contributed by atoms with van der Waals surface area (Å²) in [5.41, 5.74) is 7.83. The topological polar surface area (TPSA) is 96.5 Å². The van der Waals surface area contributed by atoms with Gasteiger partial charge in [0.15, 0.2) is 0 Å². The molecule has 1 aliphatic carbocycles. The summed E-state index contributed by atoms with van der Waals surface area (Å²) in [6.07, 6.45) is 4.01. The van der Waals surface area contributed by atoms with Crippen molar-refractivity contribution in [1.29, 1.82) is 5.41 Å². The van der Waals surface area contributed by atoms with Gasteiger partial charge in [0.05, 0.1) is 24.2 Å². The van der Waals surface area contributed by atoms with Crippen LogP contribution in [0.5, 0.6) is 5.75 Å².